The lowest BCUT2D eigenvalue weighted by Gasteiger charge is -2.20. The van der Waals surface area contributed by atoms with E-state index in [2.05, 4.69) is 232 Å². The monoisotopic (exact) mass is 1280 g/mol. The number of hydrogen-bond donors (Lipinski definition) is 1. The molecule has 6 aromatic carbocycles. The summed E-state index contributed by atoms with van der Waals surface area (Å²) in [6.45, 7) is 53.7. The van der Waals surface area contributed by atoms with E-state index in [4.69, 9.17) is 16.9 Å². The normalized spacial score (nSPS) is 11.3. The minimum atomic E-state index is -1.43. The molecule has 0 amide bonds. The van der Waals surface area contributed by atoms with Gasteiger partial charge in [-0.25, -0.2) is 9.64 Å². The number of nitrogens with zero attached hydrogens (tertiary/aromatic N) is 6. The molecule has 1 N–H and O–H groups in total. The minimum absolute atomic E-state index is 0.0319. The highest BCUT2D eigenvalue weighted by atomic mass is 16.6. The van der Waals surface area contributed by atoms with E-state index in [1.165, 1.54) is 53.5 Å². The molecule has 0 fully saturated rings. The van der Waals surface area contributed by atoms with Crippen LogP contribution in [0.3, 0.4) is 0 Å². The van der Waals surface area contributed by atoms with E-state index in [9.17, 15) is 35.1 Å². The van der Waals surface area contributed by atoms with Crippen LogP contribution in [0.25, 0.3) is 4.85 Å². The highest BCUT2D eigenvalue weighted by molar-refractivity contribution is 5.92. The number of aromatic nitrogens is 1. The molecule has 0 aliphatic rings. The molecule has 0 bridgehead atoms. The van der Waals surface area contributed by atoms with Gasteiger partial charge in [-0.2, -0.15) is 5.26 Å². The Morgan fingerprint density at radius 3 is 1.27 bits per heavy atom. The smallest absolute Gasteiger partial charge is 0.336 e. The minimum Gasteiger partial charge on any atom is -0.478 e. The Kier molecular flexibility index (Phi) is 33.4. The molecule has 0 saturated carbocycles. The van der Waals surface area contributed by atoms with E-state index in [0.29, 0.717) is 27.3 Å². The quantitative estimate of drug-likeness (QED) is 0.0736. The summed E-state index contributed by atoms with van der Waals surface area (Å²) in [5.74, 6) is -1.43. The Hall–Kier alpha value is -8.88. The molecule has 1 aromatic heterocycles. The van der Waals surface area contributed by atoms with Crippen LogP contribution < -0.4 is 0 Å². The largest absolute Gasteiger partial charge is 0.478 e. The maximum atomic E-state index is 11.2. The van der Waals surface area contributed by atoms with Crippen molar-refractivity contribution in [3.05, 3.63) is 261 Å². The summed E-state index contributed by atoms with van der Waals surface area (Å²) in [4.78, 5) is 48.7. The van der Waals surface area contributed by atoms with Crippen molar-refractivity contribution in [3.8, 4) is 6.07 Å². The zero-order chi connectivity index (χ0) is 72.1. The number of carboxylic acid groups (broad SMARTS) is 1. The van der Waals surface area contributed by atoms with E-state index in [1.54, 1.807) is 45.2 Å². The zero-order valence-electron chi connectivity index (χ0n) is 60.5. The molecule has 14 heteroatoms. The number of nitro groups is 3. The highest BCUT2D eigenvalue weighted by Crippen LogP contribution is 2.37. The number of non-ortho nitro benzene ring substituents is 2. The molecule has 7 aromatic rings. The van der Waals surface area contributed by atoms with Gasteiger partial charge in [-0.1, -0.05) is 267 Å². The number of benzene rings is 6. The average molecular weight is 1280 g/mol. The number of nitriles is 1. The van der Waals surface area contributed by atoms with Crippen molar-refractivity contribution in [1.82, 2.24) is 4.98 Å². The lowest BCUT2D eigenvalue weighted by molar-refractivity contribution is -0.394. The van der Waals surface area contributed by atoms with Crippen LogP contribution in [-0.4, -0.2) is 30.8 Å². The van der Waals surface area contributed by atoms with Crippen LogP contribution in [0, 0.1) is 82.2 Å². The molecule has 1 heterocycles. The standard InChI is InChI=1S/C13H17N.2C12H18.C11H12N2O6.C11H15NO2.C11H16.C10H12N2/c1-13(2,3)9-8-11-4-6-12(10-14)7-5-11;1-10-7-5-6-8-11(10)9-12(2,3)4;1-12(2,3)10-9-11-7-5-4-6-8-11;1-11(2,3)9-7(10(14)15)4-6(12(16)17)5-8(9)13(18)19;1-11(2,3)8-9-4-6-10(7-5-9)12(13)14;1-11(2,3)9-10-7-5-4-6-8-10;1-10(2,3)9-6-5-8(11-4)7-12-9/h4-7H,8-9H2,1-3H3;5-8H,9H2,1-4H3;4-8H,9-10H2,1-3H3;4-5H,1-3H3,(H,14,15);4-7H,8H2,1-3H3;4-8H,9H2,1-3H3;5-7H,1-3H3. The van der Waals surface area contributed by atoms with E-state index >= 15 is 0 Å². The number of rotatable bonds is 11. The Morgan fingerprint density at radius 1 is 0.500 bits per heavy atom. The lowest BCUT2D eigenvalue weighted by atomic mass is 9.82. The second kappa shape index (κ2) is 37.7. The molecule has 0 spiro atoms. The molecule has 0 atom stereocenters. The Labute approximate surface area is 563 Å². The summed E-state index contributed by atoms with van der Waals surface area (Å²) in [5, 5.41) is 49.8. The van der Waals surface area contributed by atoms with Crippen molar-refractivity contribution < 1.29 is 24.7 Å². The van der Waals surface area contributed by atoms with E-state index in [-0.39, 0.29) is 27.0 Å². The van der Waals surface area contributed by atoms with Crippen LogP contribution in [0.2, 0.25) is 0 Å². The lowest BCUT2D eigenvalue weighted by Crippen LogP contribution is -2.19. The summed E-state index contributed by atoms with van der Waals surface area (Å²) in [7, 11) is 0. The Morgan fingerprint density at radius 2 is 0.915 bits per heavy atom. The van der Waals surface area contributed by atoms with Gasteiger partial charge >= 0.3 is 5.97 Å². The van der Waals surface area contributed by atoms with Gasteiger partial charge in [0.15, 0.2) is 0 Å². The van der Waals surface area contributed by atoms with Gasteiger partial charge in [-0.15, -0.1) is 0 Å². The predicted molar refractivity (Wildman–Crippen MR) is 388 cm³/mol. The summed E-state index contributed by atoms with van der Waals surface area (Å²) in [5.41, 5.74) is 10.2. The van der Waals surface area contributed by atoms with Gasteiger partial charge in [-0.3, -0.25) is 35.3 Å². The molecular weight excluding hydrogens is 1170 g/mol. The second-order valence-electron chi connectivity index (χ2n) is 31.7. The molecular formula is C80H108N6O8. The van der Waals surface area contributed by atoms with Gasteiger partial charge in [-0.05, 0) is 130 Å². The molecule has 0 aliphatic carbocycles. The van der Waals surface area contributed by atoms with E-state index in [1.807, 2.05) is 42.5 Å². The summed E-state index contributed by atoms with van der Waals surface area (Å²) < 4.78 is 0. The van der Waals surface area contributed by atoms with Crippen LogP contribution in [0.1, 0.15) is 219 Å². The first-order valence-corrected chi connectivity index (χ1v) is 32.0. The maximum absolute atomic E-state index is 11.2. The SMILES string of the molecule is CC(C)(C)CCc1ccc(C#N)cc1.CC(C)(C)CCc1ccccc1.CC(C)(C)Cc1ccc([N+](=O)[O-])cc1.CC(C)(C)Cc1ccccc1.CC(C)(C)c1c(C(=O)O)cc([N+](=O)[O-])cc1[N+](=O)[O-].Cc1ccccc1CC(C)(C)C.[C-]#[N+]c1ccc(C(C)(C)C)nc1. The Balaban J connectivity index is 0.000000552. The maximum Gasteiger partial charge on any atom is 0.336 e. The van der Waals surface area contributed by atoms with Crippen LogP contribution in [0.5, 0.6) is 0 Å². The van der Waals surface area contributed by atoms with Gasteiger partial charge in [0, 0.05) is 35.5 Å². The first-order chi connectivity index (χ1) is 43.1. The van der Waals surface area contributed by atoms with Crippen molar-refractivity contribution in [3.63, 3.8) is 0 Å². The Bertz CT molecular complexity index is 3480. The average Bonchev–Trinajstić information content (AvgIpc) is 0.778. The van der Waals surface area contributed by atoms with Crippen LogP contribution in [-0.2, 0) is 42.9 Å². The van der Waals surface area contributed by atoms with E-state index in [0.717, 1.165) is 48.2 Å². The van der Waals surface area contributed by atoms with Crippen LogP contribution >= 0.6 is 0 Å². The van der Waals surface area contributed by atoms with Crippen molar-refractivity contribution >= 4 is 28.7 Å². The number of aryl methyl sites for hydroxylation is 3. The van der Waals surface area contributed by atoms with E-state index < -0.39 is 38.2 Å². The number of aromatic carboxylic acids is 1. The molecule has 7 rings (SSSR count). The fourth-order valence-corrected chi connectivity index (χ4v) is 9.08. The molecule has 0 radical (unpaired) electrons. The van der Waals surface area contributed by atoms with Crippen LogP contribution in [0.4, 0.5) is 22.7 Å². The van der Waals surface area contributed by atoms with Gasteiger partial charge in [0.1, 0.15) is 0 Å². The fraction of sp³-hybridized carbons (Fsp3) is 0.450. The number of pyridine rings is 1. The number of carbonyl (C=O) groups is 1. The molecule has 0 aliphatic heterocycles. The number of hydrogen-bond acceptors (Lipinski definition) is 9. The molecule has 94 heavy (non-hydrogen) atoms. The van der Waals surface area contributed by atoms with Crippen LogP contribution in [0.15, 0.2) is 164 Å². The molecule has 14 nitrogen and oxygen atoms in total. The van der Waals surface area contributed by atoms with Crippen molar-refractivity contribution in [2.45, 2.75) is 208 Å². The number of nitro benzene ring substituents is 3. The predicted octanol–water partition coefficient (Wildman–Crippen LogP) is 22.7. The van der Waals surface area contributed by atoms with Crippen molar-refractivity contribution in [2.75, 3.05) is 0 Å². The first kappa shape index (κ1) is 83.1. The second-order valence-corrected chi connectivity index (χ2v) is 31.7. The van der Waals surface area contributed by atoms with Gasteiger partial charge in [0.05, 0.1) is 50.2 Å². The third-order valence-electron chi connectivity index (χ3n) is 13.8. The van der Waals surface area contributed by atoms with Gasteiger partial charge in [0.2, 0.25) is 5.69 Å². The van der Waals surface area contributed by atoms with Gasteiger partial charge in [0.25, 0.3) is 17.1 Å². The third kappa shape index (κ3) is 37.0. The van der Waals surface area contributed by atoms with Crippen molar-refractivity contribution in [1.29, 1.82) is 5.26 Å². The van der Waals surface area contributed by atoms with Gasteiger partial charge < -0.3 is 5.11 Å². The fourth-order valence-electron chi connectivity index (χ4n) is 9.08. The summed E-state index contributed by atoms with van der Waals surface area (Å²) in [6, 6.07) is 52.0. The molecule has 0 saturated heterocycles. The summed E-state index contributed by atoms with van der Waals surface area (Å²) >= 11 is 0. The highest BCUT2D eigenvalue weighted by Gasteiger charge is 2.34. The number of carboxylic acids is 1. The summed E-state index contributed by atoms with van der Waals surface area (Å²) in [6.07, 6.45) is 9.61. The molecule has 506 valence electrons. The zero-order valence-corrected chi connectivity index (χ0v) is 60.5. The molecule has 0 unspecified atom stereocenters. The van der Waals surface area contributed by atoms with Crippen molar-refractivity contribution in [2.24, 2.45) is 27.1 Å². The third-order valence-corrected chi connectivity index (χ3v) is 13.8. The topological polar surface area (TPSA) is 208 Å². The first-order valence-electron chi connectivity index (χ1n) is 32.0.